The van der Waals surface area contributed by atoms with Gasteiger partial charge in [-0.15, -0.1) is 0 Å². The van der Waals surface area contributed by atoms with E-state index >= 15 is 0 Å². The fraction of sp³-hybridized carbons (Fsp3) is 0.167. The molecule has 3 nitrogen and oxygen atoms in total. The summed E-state index contributed by atoms with van der Waals surface area (Å²) in [5, 5.41) is 4.49. The van der Waals surface area contributed by atoms with Crippen molar-refractivity contribution in [3.8, 4) is 5.75 Å². The van der Waals surface area contributed by atoms with Gasteiger partial charge >= 0.3 is 0 Å². The lowest BCUT2D eigenvalue weighted by atomic mass is 10.2. The van der Waals surface area contributed by atoms with Gasteiger partial charge in [0.05, 0.1) is 12.1 Å². The fourth-order valence-electron chi connectivity index (χ4n) is 2.21. The second-order valence-corrected chi connectivity index (χ2v) is 5.03. The van der Waals surface area contributed by atoms with Crippen molar-refractivity contribution >= 4 is 16.6 Å². The quantitative estimate of drug-likeness (QED) is 0.762. The van der Waals surface area contributed by atoms with E-state index in [2.05, 4.69) is 17.2 Å². The van der Waals surface area contributed by atoms with Crippen LogP contribution in [0.15, 0.2) is 66.9 Å². The van der Waals surface area contributed by atoms with Gasteiger partial charge in [0.25, 0.3) is 0 Å². The minimum atomic E-state index is 0.0753. The molecular weight excluding hydrogens is 260 g/mol. The highest BCUT2D eigenvalue weighted by molar-refractivity contribution is 5.79. The lowest BCUT2D eigenvalue weighted by molar-refractivity contribution is 0.235. The molecule has 0 aliphatic carbocycles. The molecule has 0 aliphatic rings. The van der Waals surface area contributed by atoms with E-state index < -0.39 is 0 Å². The van der Waals surface area contributed by atoms with E-state index in [1.165, 1.54) is 0 Å². The number of anilines is 1. The number of hydrogen-bond acceptors (Lipinski definition) is 3. The first-order valence-electron chi connectivity index (χ1n) is 7.11. The Morgan fingerprint density at radius 1 is 1.05 bits per heavy atom. The molecule has 1 unspecified atom stereocenters. The van der Waals surface area contributed by atoms with Gasteiger partial charge in [0.2, 0.25) is 0 Å². The molecule has 0 radical (unpaired) electrons. The van der Waals surface area contributed by atoms with Crippen molar-refractivity contribution in [3.63, 3.8) is 0 Å². The molecule has 0 aliphatic heterocycles. The number of nitrogens with one attached hydrogen (secondary N) is 1. The largest absolute Gasteiger partial charge is 0.489 e. The molecule has 2 aromatic carbocycles. The van der Waals surface area contributed by atoms with E-state index in [4.69, 9.17) is 4.74 Å². The van der Waals surface area contributed by atoms with Gasteiger partial charge in [-0.2, -0.15) is 0 Å². The lowest BCUT2D eigenvalue weighted by Gasteiger charge is -2.16. The molecule has 0 saturated heterocycles. The molecule has 3 heteroatoms. The highest BCUT2D eigenvalue weighted by Gasteiger charge is 2.05. The van der Waals surface area contributed by atoms with Crippen LogP contribution in [-0.2, 0) is 0 Å². The number of benzene rings is 2. The summed E-state index contributed by atoms with van der Waals surface area (Å²) in [6.45, 7) is 2.81. The van der Waals surface area contributed by atoms with Gasteiger partial charge in [0.1, 0.15) is 11.9 Å². The van der Waals surface area contributed by atoms with Gasteiger partial charge in [-0.25, -0.2) is 0 Å². The van der Waals surface area contributed by atoms with E-state index in [-0.39, 0.29) is 6.10 Å². The van der Waals surface area contributed by atoms with Crippen molar-refractivity contribution in [2.24, 2.45) is 0 Å². The number of ether oxygens (including phenoxy) is 1. The Balaban J connectivity index is 1.62. The first-order chi connectivity index (χ1) is 10.3. The molecule has 1 aromatic heterocycles. The van der Waals surface area contributed by atoms with Gasteiger partial charge in [0.15, 0.2) is 0 Å². The summed E-state index contributed by atoms with van der Waals surface area (Å²) in [7, 11) is 0. The predicted octanol–water partition coefficient (Wildman–Crippen LogP) is 4.11. The monoisotopic (exact) mass is 278 g/mol. The van der Waals surface area contributed by atoms with Gasteiger partial charge in [0, 0.05) is 23.3 Å². The first kappa shape index (κ1) is 13.4. The van der Waals surface area contributed by atoms with Gasteiger partial charge in [-0.1, -0.05) is 24.3 Å². The maximum Gasteiger partial charge on any atom is 0.121 e. The fourth-order valence-corrected chi connectivity index (χ4v) is 2.21. The van der Waals surface area contributed by atoms with Crippen molar-refractivity contribution in [2.45, 2.75) is 13.0 Å². The molecule has 3 rings (SSSR count). The zero-order chi connectivity index (χ0) is 14.5. The third-order valence-electron chi connectivity index (χ3n) is 3.28. The number of pyridine rings is 1. The maximum absolute atomic E-state index is 5.94. The van der Waals surface area contributed by atoms with Crippen molar-refractivity contribution in [1.82, 2.24) is 4.98 Å². The predicted molar refractivity (Wildman–Crippen MR) is 86.8 cm³/mol. The van der Waals surface area contributed by atoms with Gasteiger partial charge in [-0.3, -0.25) is 4.98 Å². The molecule has 0 fully saturated rings. The molecule has 0 saturated carbocycles. The average Bonchev–Trinajstić information content (AvgIpc) is 2.54. The normalized spacial score (nSPS) is 12.0. The Hall–Kier alpha value is -2.55. The van der Waals surface area contributed by atoms with Crippen LogP contribution < -0.4 is 10.1 Å². The Labute approximate surface area is 124 Å². The highest BCUT2D eigenvalue weighted by atomic mass is 16.5. The first-order valence-corrected chi connectivity index (χ1v) is 7.11. The van der Waals surface area contributed by atoms with E-state index in [0.717, 1.165) is 28.9 Å². The standard InChI is InChI=1S/C18H18N2O/c1-14(13-20-16-7-3-2-4-8-16)21-17-10-9-15-6-5-11-19-18(15)12-17/h2-12,14,20H,13H2,1H3. The molecule has 0 amide bonds. The van der Waals surface area contributed by atoms with Crippen molar-refractivity contribution < 1.29 is 4.74 Å². The Morgan fingerprint density at radius 2 is 1.90 bits per heavy atom. The molecule has 1 heterocycles. The van der Waals surface area contributed by atoms with E-state index in [1.807, 2.05) is 60.7 Å². The van der Waals surface area contributed by atoms with Gasteiger partial charge in [-0.05, 0) is 37.3 Å². The zero-order valence-corrected chi connectivity index (χ0v) is 12.0. The molecule has 1 N–H and O–H groups in total. The lowest BCUT2D eigenvalue weighted by Crippen LogP contribution is -2.22. The number of rotatable bonds is 5. The van der Waals surface area contributed by atoms with Crippen molar-refractivity contribution in [3.05, 3.63) is 66.9 Å². The Bertz CT molecular complexity index is 712. The number of nitrogens with zero attached hydrogens (tertiary/aromatic N) is 1. The summed E-state index contributed by atoms with van der Waals surface area (Å²) in [5.74, 6) is 0.851. The molecule has 0 bridgehead atoms. The number of aromatic nitrogens is 1. The van der Waals surface area contributed by atoms with Crippen LogP contribution in [0.2, 0.25) is 0 Å². The maximum atomic E-state index is 5.94. The topological polar surface area (TPSA) is 34.1 Å². The van der Waals surface area contributed by atoms with Crippen LogP contribution in [0.1, 0.15) is 6.92 Å². The second kappa shape index (κ2) is 6.27. The van der Waals surface area contributed by atoms with Crippen LogP contribution in [0.4, 0.5) is 5.69 Å². The van der Waals surface area contributed by atoms with E-state index in [0.29, 0.717) is 0 Å². The summed E-state index contributed by atoms with van der Waals surface area (Å²) in [5.41, 5.74) is 2.06. The molecule has 1 atom stereocenters. The highest BCUT2D eigenvalue weighted by Crippen LogP contribution is 2.19. The van der Waals surface area contributed by atoms with Crippen molar-refractivity contribution in [1.29, 1.82) is 0 Å². The third kappa shape index (κ3) is 3.51. The average molecular weight is 278 g/mol. The van der Waals surface area contributed by atoms with E-state index in [9.17, 15) is 0 Å². The zero-order valence-electron chi connectivity index (χ0n) is 12.0. The number of hydrogen-bond donors (Lipinski definition) is 1. The number of fused-ring (bicyclic) bond motifs is 1. The van der Waals surface area contributed by atoms with Crippen LogP contribution in [0, 0.1) is 0 Å². The molecule has 0 spiro atoms. The summed E-state index contributed by atoms with van der Waals surface area (Å²) >= 11 is 0. The van der Waals surface area contributed by atoms with Crippen LogP contribution in [0.5, 0.6) is 5.75 Å². The molecule has 21 heavy (non-hydrogen) atoms. The van der Waals surface area contributed by atoms with Gasteiger partial charge < -0.3 is 10.1 Å². The summed E-state index contributed by atoms with van der Waals surface area (Å²) in [4.78, 5) is 4.35. The second-order valence-electron chi connectivity index (χ2n) is 5.03. The molecule has 106 valence electrons. The smallest absolute Gasteiger partial charge is 0.121 e. The minimum absolute atomic E-state index is 0.0753. The van der Waals surface area contributed by atoms with Crippen molar-refractivity contribution in [2.75, 3.05) is 11.9 Å². The SMILES string of the molecule is CC(CNc1ccccc1)Oc1ccc2cccnc2c1. The van der Waals surface area contributed by atoms with Crippen LogP contribution in [0.3, 0.4) is 0 Å². The van der Waals surface area contributed by atoms with Crippen LogP contribution in [-0.4, -0.2) is 17.6 Å². The Morgan fingerprint density at radius 3 is 2.76 bits per heavy atom. The molecule has 3 aromatic rings. The van der Waals surface area contributed by atoms with E-state index in [1.54, 1.807) is 6.20 Å². The summed E-state index contributed by atoms with van der Waals surface area (Å²) < 4.78 is 5.94. The Kier molecular flexibility index (Phi) is 4.01. The third-order valence-corrected chi connectivity index (χ3v) is 3.28. The van der Waals surface area contributed by atoms with Crippen LogP contribution >= 0.6 is 0 Å². The van der Waals surface area contributed by atoms with Crippen LogP contribution in [0.25, 0.3) is 10.9 Å². The summed E-state index contributed by atoms with van der Waals surface area (Å²) in [6.07, 6.45) is 1.87. The molecular formula is C18H18N2O. The number of para-hydroxylation sites is 1. The summed E-state index contributed by atoms with van der Waals surface area (Å²) in [6, 6.07) is 20.1. The minimum Gasteiger partial charge on any atom is -0.489 e.